The molecule has 1 unspecified atom stereocenters. The monoisotopic (exact) mass is 353 g/mol. The molecular weight excluding hydrogens is 330 g/mol. The second kappa shape index (κ2) is 10.1. The fraction of sp³-hybridized carbons (Fsp3) is 0.412. The highest BCUT2D eigenvalue weighted by Crippen LogP contribution is 2.19. The molecule has 1 aromatic carbocycles. The summed E-state index contributed by atoms with van der Waals surface area (Å²) in [4.78, 5) is 24.0. The van der Waals surface area contributed by atoms with Crippen LogP contribution < -0.4 is 16.4 Å². The SMILES string of the molecule is C=CCNC(=O)c1ccc(NC(=O)C(N)C2CCOCC2)cc1.Cl. The standard InChI is InChI=1S/C17H23N3O3.ClH/c1-2-9-19-16(21)13-3-5-14(6-4-13)20-17(22)15(18)12-7-10-23-11-8-12;/h2-6,12,15H,1,7-11,18H2,(H,19,21)(H,20,22);1H. The molecule has 1 heterocycles. The number of nitrogens with two attached hydrogens (primary N) is 1. The van der Waals surface area contributed by atoms with Gasteiger partial charge in [-0.2, -0.15) is 0 Å². The second-order valence-corrected chi connectivity index (χ2v) is 5.54. The summed E-state index contributed by atoms with van der Waals surface area (Å²) >= 11 is 0. The Bertz CT molecular complexity index is 557. The van der Waals surface area contributed by atoms with Crippen molar-refractivity contribution >= 4 is 29.9 Å². The first-order valence-corrected chi connectivity index (χ1v) is 7.75. The number of benzene rings is 1. The lowest BCUT2D eigenvalue weighted by molar-refractivity contribution is -0.119. The number of rotatable bonds is 6. The van der Waals surface area contributed by atoms with Gasteiger partial charge in [-0.15, -0.1) is 19.0 Å². The van der Waals surface area contributed by atoms with Gasteiger partial charge in [0.25, 0.3) is 5.91 Å². The van der Waals surface area contributed by atoms with Gasteiger partial charge >= 0.3 is 0 Å². The topological polar surface area (TPSA) is 93.5 Å². The lowest BCUT2D eigenvalue weighted by Gasteiger charge is -2.26. The van der Waals surface area contributed by atoms with E-state index >= 15 is 0 Å². The molecule has 1 aromatic rings. The van der Waals surface area contributed by atoms with E-state index in [-0.39, 0.29) is 30.1 Å². The highest BCUT2D eigenvalue weighted by Gasteiger charge is 2.26. The number of halogens is 1. The first-order valence-electron chi connectivity index (χ1n) is 7.75. The Morgan fingerprint density at radius 3 is 2.50 bits per heavy atom. The molecule has 1 fully saturated rings. The molecule has 1 aliphatic heterocycles. The van der Waals surface area contributed by atoms with Crippen molar-refractivity contribution in [2.24, 2.45) is 11.7 Å². The molecule has 0 aliphatic carbocycles. The summed E-state index contributed by atoms with van der Waals surface area (Å²) < 4.78 is 5.28. The molecule has 0 bridgehead atoms. The largest absolute Gasteiger partial charge is 0.381 e. The number of nitrogens with one attached hydrogen (secondary N) is 2. The molecule has 1 atom stereocenters. The van der Waals surface area contributed by atoms with Crippen molar-refractivity contribution in [3.8, 4) is 0 Å². The van der Waals surface area contributed by atoms with Crippen molar-refractivity contribution in [1.29, 1.82) is 0 Å². The average Bonchev–Trinajstić information content (AvgIpc) is 2.60. The van der Waals surface area contributed by atoms with E-state index in [0.717, 1.165) is 12.8 Å². The molecule has 4 N–H and O–H groups in total. The van der Waals surface area contributed by atoms with Crippen LogP contribution in [0.2, 0.25) is 0 Å². The number of hydrogen-bond acceptors (Lipinski definition) is 4. The van der Waals surface area contributed by atoms with Crippen LogP contribution in [0, 0.1) is 5.92 Å². The Labute approximate surface area is 148 Å². The normalized spacial score (nSPS) is 15.7. The van der Waals surface area contributed by atoms with Crippen LogP contribution in [-0.2, 0) is 9.53 Å². The van der Waals surface area contributed by atoms with E-state index < -0.39 is 6.04 Å². The quantitative estimate of drug-likeness (QED) is 0.679. The van der Waals surface area contributed by atoms with Crippen molar-refractivity contribution in [2.75, 3.05) is 25.1 Å². The summed E-state index contributed by atoms with van der Waals surface area (Å²) in [6.45, 7) is 5.27. The average molecular weight is 354 g/mol. The predicted octanol–water partition coefficient (Wildman–Crippen LogP) is 1.72. The molecule has 7 heteroatoms. The van der Waals surface area contributed by atoms with Gasteiger partial charge in [0.1, 0.15) is 0 Å². The third-order valence-corrected chi connectivity index (χ3v) is 3.90. The Hall–Kier alpha value is -1.89. The van der Waals surface area contributed by atoms with E-state index in [1.165, 1.54) is 0 Å². The second-order valence-electron chi connectivity index (χ2n) is 5.54. The number of anilines is 1. The third kappa shape index (κ3) is 5.63. The van der Waals surface area contributed by atoms with Gasteiger partial charge in [0, 0.05) is 31.0 Å². The summed E-state index contributed by atoms with van der Waals surface area (Å²) in [5.41, 5.74) is 7.18. The molecule has 0 radical (unpaired) electrons. The number of amides is 2. The first-order chi connectivity index (χ1) is 11.1. The molecule has 0 spiro atoms. The van der Waals surface area contributed by atoms with Crippen molar-refractivity contribution in [2.45, 2.75) is 18.9 Å². The van der Waals surface area contributed by atoms with Crippen molar-refractivity contribution in [1.82, 2.24) is 5.32 Å². The summed E-state index contributed by atoms with van der Waals surface area (Å²) in [6, 6.07) is 6.16. The van der Waals surface area contributed by atoms with E-state index in [2.05, 4.69) is 17.2 Å². The zero-order chi connectivity index (χ0) is 16.7. The number of carbonyl (C=O) groups excluding carboxylic acids is 2. The van der Waals surface area contributed by atoms with Gasteiger partial charge in [-0.05, 0) is 43.0 Å². The van der Waals surface area contributed by atoms with Gasteiger partial charge < -0.3 is 21.1 Å². The Kier molecular flexibility index (Phi) is 8.46. The minimum atomic E-state index is -0.547. The van der Waals surface area contributed by atoms with Crippen LogP contribution in [0.5, 0.6) is 0 Å². The summed E-state index contributed by atoms with van der Waals surface area (Å²) in [7, 11) is 0. The van der Waals surface area contributed by atoms with E-state index in [0.29, 0.717) is 31.0 Å². The Morgan fingerprint density at radius 2 is 1.92 bits per heavy atom. The van der Waals surface area contributed by atoms with Crippen LogP contribution in [0.3, 0.4) is 0 Å². The minimum absolute atomic E-state index is 0. The highest BCUT2D eigenvalue weighted by molar-refractivity contribution is 5.97. The molecule has 6 nitrogen and oxygen atoms in total. The van der Waals surface area contributed by atoms with Crippen LogP contribution in [0.15, 0.2) is 36.9 Å². The van der Waals surface area contributed by atoms with Gasteiger partial charge in [-0.25, -0.2) is 0 Å². The van der Waals surface area contributed by atoms with Gasteiger partial charge in [0.2, 0.25) is 5.91 Å². The number of ether oxygens (including phenoxy) is 1. The van der Waals surface area contributed by atoms with Gasteiger partial charge in [0.05, 0.1) is 6.04 Å². The maximum atomic E-state index is 12.2. The van der Waals surface area contributed by atoms with E-state index in [1.807, 2.05) is 0 Å². The Morgan fingerprint density at radius 1 is 1.29 bits per heavy atom. The minimum Gasteiger partial charge on any atom is -0.381 e. The fourth-order valence-electron chi connectivity index (χ4n) is 2.49. The number of hydrogen-bond donors (Lipinski definition) is 3. The molecule has 1 aliphatic rings. The molecule has 2 amide bonds. The van der Waals surface area contributed by atoms with E-state index in [1.54, 1.807) is 30.3 Å². The van der Waals surface area contributed by atoms with E-state index in [4.69, 9.17) is 10.5 Å². The first kappa shape index (κ1) is 20.2. The van der Waals surface area contributed by atoms with Crippen LogP contribution in [-0.4, -0.2) is 37.6 Å². The molecule has 24 heavy (non-hydrogen) atoms. The molecule has 0 saturated carbocycles. The molecule has 2 rings (SSSR count). The van der Waals surface area contributed by atoms with Gasteiger partial charge in [0.15, 0.2) is 0 Å². The highest BCUT2D eigenvalue weighted by atomic mass is 35.5. The van der Waals surface area contributed by atoms with Crippen LogP contribution in [0.4, 0.5) is 5.69 Å². The molecule has 132 valence electrons. The fourth-order valence-corrected chi connectivity index (χ4v) is 2.49. The van der Waals surface area contributed by atoms with Crippen LogP contribution in [0.1, 0.15) is 23.2 Å². The summed E-state index contributed by atoms with van der Waals surface area (Å²) in [5.74, 6) is -0.241. The van der Waals surface area contributed by atoms with Crippen LogP contribution >= 0.6 is 12.4 Å². The lowest BCUT2D eigenvalue weighted by Crippen LogP contribution is -2.44. The van der Waals surface area contributed by atoms with Crippen molar-refractivity contribution < 1.29 is 14.3 Å². The van der Waals surface area contributed by atoms with Gasteiger partial charge in [-0.1, -0.05) is 6.08 Å². The molecule has 0 aromatic heterocycles. The zero-order valence-corrected chi connectivity index (χ0v) is 14.3. The maximum absolute atomic E-state index is 12.2. The van der Waals surface area contributed by atoms with Gasteiger partial charge in [-0.3, -0.25) is 9.59 Å². The zero-order valence-electron chi connectivity index (χ0n) is 13.5. The maximum Gasteiger partial charge on any atom is 0.251 e. The van der Waals surface area contributed by atoms with E-state index in [9.17, 15) is 9.59 Å². The molecule has 1 saturated heterocycles. The smallest absolute Gasteiger partial charge is 0.251 e. The van der Waals surface area contributed by atoms with Crippen molar-refractivity contribution in [3.63, 3.8) is 0 Å². The third-order valence-electron chi connectivity index (χ3n) is 3.90. The number of carbonyl (C=O) groups is 2. The summed E-state index contributed by atoms with van der Waals surface area (Å²) in [5, 5.41) is 5.49. The van der Waals surface area contributed by atoms with Crippen molar-refractivity contribution in [3.05, 3.63) is 42.5 Å². The molecular formula is C17H24ClN3O3. The predicted molar refractivity (Wildman–Crippen MR) is 96.4 cm³/mol. The Balaban J connectivity index is 0.00000288. The lowest BCUT2D eigenvalue weighted by atomic mass is 9.92. The summed E-state index contributed by atoms with van der Waals surface area (Å²) in [6.07, 6.45) is 3.22. The van der Waals surface area contributed by atoms with Crippen LogP contribution in [0.25, 0.3) is 0 Å².